The predicted octanol–water partition coefficient (Wildman–Crippen LogP) is 3.92. The minimum atomic E-state index is 0. The summed E-state index contributed by atoms with van der Waals surface area (Å²) < 4.78 is 0. The van der Waals surface area contributed by atoms with Gasteiger partial charge in [0, 0.05) is 37.2 Å². The van der Waals surface area contributed by atoms with Crippen molar-refractivity contribution in [3.63, 3.8) is 0 Å². The fraction of sp³-hybridized carbons (Fsp3) is 0.316. The molecule has 1 aromatic heterocycles. The lowest BCUT2D eigenvalue weighted by Gasteiger charge is -2.18. The predicted molar refractivity (Wildman–Crippen MR) is 119 cm³/mol. The van der Waals surface area contributed by atoms with Crippen LogP contribution in [0.25, 0.3) is 0 Å². The Kier molecular flexibility index (Phi) is 7.77. The van der Waals surface area contributed by atoms with E-state index in [0.29, 0.717) is 0 Å². The topological polar surface area (TPSA) is 39.7 Å². The van der Waals surface area contributed by atoms with Crippen LogP contribution >= 0.6 is 35.3 Å². The zero-order valence-electron chi connectivity index (χ0n) is 14.7. The molecule has 0 radical (unpaired) electrons. The number of hydrogen-bond donors (Lipinski definition) is 2. The maximum atomic E-state index is 4.30. The van der Waals surface area contributed by atoms with Gasteiger partial charge in [-0.15, -0.1) is 35.3 Å². The number of aryl methyl sites for hydroxylation is 1. The van der Waals surface area contributed by atoms with Gasteiger partial charge < -0.3 is 15.5 Å². The van der Waals surface area contributed by atoms with E-state index < -0.39 is 0 Å². The van der Waals surface area contributed by atoms with Crippen molar-refractivity contribution in [2.45, 2.75) is 20.0 Å². The highest BCUT2D eigenvalue weighted by Crippen LogP contribution is 2.17. The van der Waals surface area contributed by atoms with Gasteiger partial charge in [-0.05, 0) is 41.6 Å². The molecule has 2 heterocycles. The van der Waals surface area contributed by atoms with Crippen molar-refractivity contribution in [3.8, 4) is 0 Å². The molecule has 2 N–H and O–H groups in total. The first kappa shape index (κ1) is 19.8. The maximum absolute atomic E-state index is 4.30. The fourth-order valence-corrected chi connectivity index (χ4v) is 3.51. The number of hydrogen-bond acceptors (Lipinski definition) is 3. The molecule has 0 aliphatic carbocycles. The second-order valence-corrected chi connectivity index (χ2v) is 6.85. The summed E-state index contributed by atoms with van der Waals surface area (Å²) in [4.78, 5) is 7.99. The van der Waals surface area contributed by atoms with Gasteiger partial charge in [-0.1, -0.05) is 24.3 Å². The van der Waals surface area contributed by atoms with Crippen LogP contribution in [0.1, 0.15) is 16.0 Å². The smallest absolute Gasteiger partial charge is 0.191 e. The maximum Gasteiger partial charge on any atom is 0.191 e. The van der Waals surface area contributed by atoms with Crippen molar-refractivity contribution < 1.29 is 0 Å². The number of rotatable bonds is 5. The highest BCUT2D eigenvalue weighted by Gasteiger charge is 2.07. The molecular formula is C19H25IN4S. The van der Waals surface area contributed by atoms with Crippen LogP contribution in [-0.4, -0.2) is 26.1 Å². The normalized spacial score (nSPS) is 13.7. The third-order valence-corrected chi connectivity index (χ3v) is 5.21. The zero-order chi connectivity index (χ0) is 16.8. The SMILES string of the molecule is CN=C(NCc1ccc(N2CC=CC2)cc1)NCc1sccc1C.I. The molecule has 0 unspecified atom stereocenters. The molecule has 0 atom stereocenters. The Morgan fingerprint density at radius 2 is 1.76 bits per heavy atom. The Morgan fingerprint density at radius 3 is 2.36 bits per heavy atom. The second-order valence-electron chi connectivity index (χ2n) is 5.85. The number of nitrogens with zero attached hydrogens (tertiary/aromatic N) is 2. The van der Waals surface area contributed by atoms with Gasteiger partial charge in [0.05, 0.1) is 6.54 Å². The largest absolute Gasteiger partial charge is 0.364 e. The zero-order valence-corrected chi connectivity index (χ0v) is 17.8. The van der Waals surface area contributed by atoms with Crippen LogP contribution in [0, 0.1) is 6.92 Å². The van der Waals surface area contributed by atoms with E-state index in [9.17, 15) is 0 Å². The van der Waals surface area contributed by atoms with Crippen LogP contribution in [0.3, 0.4) is 0 Å². The first-order chi connectivity index (χ1) is 11.8. The van der Waals surface area contributed by atoms with E-state index in [0.717, 1.165) is 32.1 Å². The molecule has 0 fully saturated rings. The molecule has 3 rings (SSSR count). The van der Waals surface area contributed by atoms with Crippen LogP contribution < -0.4 is 15.5 Å². The Balaban J connectivity index is 0.00000225. The van der Waals surface area contributed by atoms with Gasteiger partial charge in [0.15, 0.2) is 5.96 Å². The van der Waals surface area contributed by atoms with E-state index in [2.05, 4.69) is 75.3 Å². The second kappa shape index (κ2) is 9.82. The van der Waals surface area contributed by atoms with Crippen molar-refractivity contribution >= 4 is 47.0 Å². The molecular weight excluding hydrogens is 443 g/mol. The van der Waals surface area contributed by atoms with E-state index in [1.807, 2.05) is 0 Å². The highest BCUT2D eigenvalue weighted by molar-refractivity contribution is 14.0. The van der Waals surface area contributed by atoms with Crippen LogP contribution in [0.15, 0.2) is 52.9 Å². The van der Waals surface area contributed by atoms with Crippen LogP contribution in [0.4, 0.5) is 5.69 Å². The lowest BCUT2D eigenvalue weighted by Crippen LogP contribution is -2.36. The molecule has 1 aliphatic rings. The average Bonchev–Trinajstić information content (AvgIpc) is 3.28. The molecule has 0 amide bonds. The molecule has 0 saturated heterocycles. The van der Waals surface area contributed by atoms with Crippen molar-refractivity contribution in [1.29, 1.82) is 0 Å². The summed E-state index contributed by atoms with van der Waals surface area (Å²) in [6, 6.07) is 10.9. The number of anilines is 1. The number of nitrogens with one attached hydrogen (secondary N) is 2. The van der Waals surface area contributed by atoms with E-state index in [4.69, 9.17) is 0 Å². The van der Waals surface area contributed by atoms with Gasteiger partial charge in [-0.3, -0.25) is 4.99 Å². The van der Waals surface area contributed by atoms with Crippen molar-refractivity contribution in [3.05, 3.63) is 63.9 Å². The van der Waals surface area contributed by atoms with Crippen LogP contribution in [0.5, 0.6) is 0 Å². The van der Waals surface area contributed by atoms with Gasteiger partial charge in [0.25, 0.3) is 0 Å². The van der Waals surface area contributed by atoms with Crippen LogP contribution in [0.2, 0.25) is 0 Å². The molecule has 4 nitrogen and oxygen atoms in total. The fourth-order valence-electron chi connectivity index (χ4n) is 2.67. The van der Waals surface area contributed by atoms with Gasteiger partial charge in [-0.2, -0.15) is 0 Å². The first-order valence-corrected chi connectivity index (χ1v) is 9.10. The number of thiophene rings is 1. The summed E-state index contributed by atoms with van der Waals surface area (Å²) in [5.74, 6) is 0.829. The van der Waals surface area contributed by atoms with Crippen LogP contribution in [-0.2, 0) is 13.1 Å². The Hall–Kier alpha value is -1.54. The van der Waals surface area contributed by atoms with E-state index >= 15 is 0 Å². The third kappa shape index (κ3) is 5.47. The molecule has 1 aromatic carbocycles. The van der Waals surface area contributed by atoms with Gasteiger partial charge >= 0.3 is 0 Å². The third-order valence-electron chi connectivity index (χ3n) is 4.19. The number of guanidine groups is 1. The summed E-state index contributed by atoms with van der Waals surface area (Å²) in [5, 5.41) is 8.87. The molecule has 134 valence electrons. The van der Waals surface area contributed by atoms with Crippen molar-refractivity contribution in [1.82, 2.24) is 10.6 Å². The van der Waals surface area contributed by atoms with Gasteiger partial charge in [-0.25, -0.2) is 0 Å². The molecule has 1 aliphatic heterocycles. The average molecular weight is 468 g/mol. The summed E-state index contributed by atoms with van der Waals surface area (Å²) in [6.45, 7) is 5.74. The van der Waals surface area contributed by atoms with E-state index in [1.54, 1.807) is 18.4 Å². The lowest BCUT2D eigenvalue weighted by atomic mass is 10.2. The Labute approximate surface area is 171 Å². The summed E-state index contributed by atoms with van der Waals surface area (Å²) in [6.07, 6.45) is 4.42. The minimum Gasteiger partial charge on any atom is -0.364 e. The molecule has 0 saturated carbocycles. The van der Waals surface area contributed by atoms with E-state index in [1.165, 1.54) is 21.7 Å². The Bertz CT molecular complexity index is 713. The molecule has 2 aromatic rings. The Morgan fingerprint density at radius 1 is 1.08 bits per heavy atom. The summed E-state index contributed by atoms with van der Waals surface area (Å²) in [7, 11) is 1.81. The molecule has 0 spiro atoms. The quantitative estimate of drug-likeness (QED) is 0.303. The lowest BCUT2D eigenvalue weighted by molar-refractivity contribution is 0.813. The standard InChI is InChI=1S/C19H24N4S.HI/c1-15-9-12-24-18(15)14-22-19(20-2)21-13-16-5-7-17(8-6-16)23-10-3-4-11-23;/h3-9,12H,10-11,13-14H2,1-2H3,(H2,20,21,22);1H. The monoisotopic (exact) mass is 468 g/mol. The minimum absolute atomic E-state index is 0. The first-order valence-electron chi connectivity index (χ1n) is 8.22. The molecule has 6 heteroatoms. The highest BCUT2D eigenvalue weighted by atomic mass is 127. The van der Waals surface area contributed by atoms with Gasteiger partial charge in [0.2, 0.25) is 0 Å². The summed E-state index contributed by atoms with van der Waals surface area (Å²) in [5.41, 5.74) is 3.86. The summed E-state index contributed by atoms with van der Waals surface area (Å²) >= 11 is 1.78. The van der Waals surface area contributed by atoms with Crippen molar-refractivity contribution in [2.75, 3.05) is 25.0 Å². The molecule has 0 bridgehead atoms. The number of aliphatic imine (C=N–C) groups is 1. The van der Waals surface area contributed by atoms with Crippen molar-refractivity contribution in [2.24, 2.45) is 4.99 Å². The van der Waals surface area contributed by atoms with Gasteiger partial charge in [0.1, 0.15) is 0 Å². The molecule has 25 heavy (non-hydrogen) atoms. The number of halogens is 1. The van der Waals surface area contributed by atoms with E-state index in [-0.39, 0.29) is 24.0 Å². The number of benzene rings is 1.